The number of rotatable bonds is 5. The maximum absolute atomic E-state index is 11.7. The summed E-state index contributed by atoms with van der Waals surface area (Å²) in [5.74, 6) is 0. The predicted molar refractivity (Wildman–Crippen MR) is 76.3 cm³/mol. The Bertz CT molecular complexity index is 361. The highest BCUT2D eigenvalue weighted by atomic mass is 16.1. The lowest BCUT2D eigenvalue weighted by Gasteiger charge is -2.39. The number of nitrogens with zero attached hydrogens (tertiary/aromatic N) is 1. The molecule has 3 heteroatoms. The van der Waals surface area contributed by atoms with Crippen molar-refractivity contribution in [2.24, 2.45) is 5.41 Å². The monoisotopic (exact) mass is 248 g/mol. The Morgan fingerprint density at radius 3 is 2.39 bits per heavy atom. The summed E-state index contributed by atoms with van der Waals surface area (Å²) in [4.78, 5) is 13.9. The third kappa shape index (κ3) is 2.91. The van der Waals surface area contributed by atoms with Gasteiger partial charge in [-0.2, -0.15) is 0 Å². The van der Waals surface area contributed by atoms with E-state index in [-0.39, 0.29) is 5.41 Å². The van der Waals surface area contributed by atoms with Crippen LogP contribution in [-0.4, -0.2) is 38.4 Å². The van der Waals surface area contributed by atoms with Crippen LogP contribution in [0.3, 0.4) is 0 Å². The Kier molecular flexibility index (Phi) is 5.35. The maximum atomic E-state index is 11.7. The quantitative estimate of drug-likeness (QED) is 0.597. The van der Waals surface area contributed by atoms with E-state index in [1.165, 1.54) is 0 Å². The molecule has 1 aliphatic rings. The number of hydrogen-bond acceptors (Lipinski definition) is 3. The number of piperidine rings is 1. The lowest BCUT2D eigenvalue weighted by atomic mass is 9.72. The Labute approximate surface area is 110 Å². The van der Waals surface area contributed by atoms with Gasteiger partial charge < -0.3 is 15.0 Å². The average Bonchev–Trinajstić information content (AvgIpc) is 2.41. The highest BCUT2D eigenvalue weighted by Crippen LogP contribution is 2.39. The number of aldehydes is 1. The molecule has 0 amide bonds. The Balaban J connectivity index is 3.08. The first kappa shape index (κ1) is 14.7. The fourth-order valence-electron chi connectivity index (χ4n) is 2.61. The van der Waals surface area contributed by atoms with Crippen molar-refractivity contribution in [3.63, 3.8) is 0 Å². The van der Waals surface area contributed by atoms with Crippen molar-refractivity contribution in [2.75, 3.05) is 27.2 Å². The molecule has 0 radical (unpaired) electrons. The Hall–Kier alpha value is -1.35. The minimum absolute atomic E-state index is 0.348. The molecule has 1 aliphatic heterocycles. The highest BCUT2D eigenvalue weighted by Gasteiger charge is 2.37. The summed E-state index contributed by atoms with van der Waals surface area (Å²) >= 11 is 0. The number of nitrogens with one attached hydrogen (secondary N) is 1. The lowest BCUT2D eigenvalue weighted by molar-refractivity contribution is -0.116. The van der Waals surface area contributed by atoms with E-state index in [2.05, 4.69) is 23.8 Å². The molecule has 0 spiro atoms. The molecule has 1 N–H and O–H groups in total. The second-order valence-corrected chi connectivity index (χ2v) is 4.85. The second-order valence-electron chi connectivity index (χ2n) is 4.85. The molecule has 0 unspecified atom stereocenters. The van der Waals surface area contributed by atoms with Crippen molar-refractivity contribution in [3.8, 4) is 0 Å². The van der Waals surface area contributed by atoms with E-state index in [0.29, 0.717) is 0 Å². The van der Waals surface area contributed by atoms with Crippen LogP contribution < -0.4 is 5.32 Å². The molecule has 3 nitrogen and oxygen atoms in total. The third-order valence-electron chi connectivity index (χ3n) is 3.77. The molecule has 0 aliphatic carbocycles. The summed E-state index contributed by atoms with van der Waals surface area (Å²) in [6.07, 6.45) is 8.61. The van der Waals surface area contributed by atoms with E-state index in [9.17, 15) is 4.79 Å². The normalized spacial score (nSPS) is 21.5. The number of carbonyl (C=O) groups excluding carboxylic acids is 1. The molecule has 0 saturated carbocycles. The van der Waals surface area contributed by atoms with Gasteiger partial charge in [-0.25, -0.2) is 0 Å². The summed E-state index contributed by atoms with van der Waals surface area (Å²) in [6, 6.07) is 0. The molecule has 0 aromatic heterocycles. The summed E-state index contributed by atoms with van der Waals surface area (Å²) in [5.41, 5.74) is 1.73. The minimum atomic E-state index is -0.348. The molecule has 1 saturated heterocycles. The fourth-order valence-corrected chi connectivity index (χ4v) is 2.61. The van der Waals surface area contributed by atoms with Gasteiger partial charge >= 0.3 is 0 Å². The van der Waals surface area contributed by atoms with Gasteiger partial charge in [-0.1, -0.05) is 18.7 Å². The van der Waals surface area contributed by atoms with Crippen molar-refractivity contribution in [2.45, 2.75) is 19.8 Å². The number of hydrogen-bond donors (Lipinski definition) is 1. The van der Waals surface area contributed by atoms with E-state index in [1.54, 1.807) is 6.08 Å². The highest BCUT2D eigenvalue weighted by molar-refractivity contribution is 5.68. The molecule has 18 heavy (non-hydrogen) atoms. The first-order valence-electron chi connectivity index (χ1n) is 6.46. The van der Waals surface area contributed by atoms with Gasteiger partial charge in [0.1, 0.15) is 6.29 Å². The van der Waals surface area contributed by atoms with Crippen LogP contribution >= 0.6 is 0 Å². The molecule has 1 fully saturated rings. The minimum Gasteiger partial charge on any atom is -0.388 e. The summed E-state index contributed by atoms with van der Waals surface area (Å²) in [5, 5.41) is 3.17. The van der Waals surface area contributed by atoms with Gasteiger partial charge in [0, 0.05) is 12.7 Å². The standard InChI is InChI=1S/C15H24N2O/c1-5-7-14(16-3)13(6-2)15(12-18)8-10-17(4)11-9-15/h5-7,12,16H,1,8-11H2,2-4H3/b13-6+,14-7+. The van der Waals surface area contributed by atoms with Crippen LogP contribution in [0.25, 0.3) is 0 Å². The van der Waals surface area contributed by atoms with Crippen molar-refractivity contribution >= 4 is 6.29 Å². The van der Waals surface area contributed by atoms with Crippen LogP contribution in [0.5, 0.6) is 0 Å². The summed E-state index contributed by atoms with van der Waals surface area (Å²) in [7, 11) is 3.98. The number of carbonyl (C=O) groups is 1. The molecule has 1 rings (SSSR count). The van der Waals surface area contributed by atoms with E-state index >= 15 is 0 Å². The molecule has 0 aromatic rings. The second kappa shape index (κ2) is 6.55. The van der Waals surface area contributed by atoms with Crippen molar-refractivity contribution in [1.82, 2.24) is 10.2 Å². The predicted octanol–water partition coefficient (Wildman–Crippen LogP) is 2.13. The summed E-state index contributed by atoms with van der Waals surface area (Å²) < 4.78 is 0. The van der Waals surface area contributed by atoms with E-state index in [4.69, 9.17) is 0 Å². The van der Waals surface area contributed by atoms with Gasteiger partial charge in [0.25, 0.3) is 0 Å². The zero-order valence-electron chi connectivity index (χ0n) is 11.7. The van der Waals surface area contributed by atoms with Crippen molar-refractivity contribution in [3.05, 3.63) is 36.1 Å². The number of allylic oxidation sites excluding steroid dienone is 4. The van der Waals surface area contributed by atoms with Crippen LogP contribution in [0.15, 0.2) is 36.1 Å². The van der Waals surface area contributed by atoms with Crippen molar-refractivity contribution < 1.29 is 4.79 Å². The maximum Gasteiger partial charge on any atom is 0.130 e. The molecule has 0 atom stereocenters. The molecular weight excluding hydrogens is 224 g/mol. The van der Waals surface area contributed by atoms with Gasteiger partial charge in [0.2, 0.25) is 0 Å². The van der Waals surface area contributed by atoms with E-state index in [0.717, 1.165) is 43.5 Å². The third-order valence-corrected chi connectivity index (χ3v) is 3.77. The van der Waals surface area contributed by atoms with Crippen LogP contribution in [0, 0.1) is 5.41 Å². The van der Waals surface area contributed by atoms with Crippen LogP contribution in [0.2, 0.25) is 0 Å². The average molecular weight is 248 g/mol. The first-order valence-corrected chi connectivity index (χ1v) is 6.46. The number of likely N-dealkylation sites (tertiary alicyclic amines) is 1. The van der Waals surface area contributed by atoms with Gasteiger partial charge in [-0.05, 0) is 51.6 Å². The smallest absolute Gasteiger partial charge is 0.130 e. The van der Waals surface area contributed by atoms with E-state index in [1.807, 2.05) is 26.1 Å². The largest absolute Gasteiger partial charge is 0.388 e. The lowest BCUT2D eigenvalue weighted by Crippen LogP contribution is -2.41. The van der Waals surface area contributed by atoms with Gasteiger partial charge in [-0.15, -0.1) is 0 Å². The van der Waals surface area contributed by atoms with Gasteiger partial charge in [0.15, 0.2) is 0 Å². The van der Waals surface area contributed by atoms with E-state index < -0.39 is 0 Å². The first-order chi connectivity index (χ1) is 8.63. The zero-order valence-corrected chi connectivity index (χ0v) is 11.7. The van der Waals surface area contributed by atoms with Crippen LogP contribution in [0.1, 0.15) is 19.8 Å². The topological polar surface area (TPSA) is 32.3 Å². The molecule has 100 valence electrons. The van der Waals surface area contributed by atoms with Crippen molar-refractivity contribution in [1.29, 1.82) is 0 Å². The van der Waals surface area contributed by atoms with Crippen LogP contribution in [-0.2, 0) is 4.79 Å². The Morgan fingerprint density at radius 2 is 2.00 bits per heavy atom. The molecule has 0 bridgehead atoms. The Morgan fingerprint density at radius 1 is 1.39 bits per heavy atom. The SMILES string of the molecule is C=C/C=C(NC)\C(=C/C)C1(C=O)CCN(C)CC1. The fraction of sp³-hybridized carbons (Fsp3) is 0.533. The summed E-state index contributed by atoms with van der Waals surface area (Å²) in [6.45, 7) is 7.64. The van der Waals surface area contributed by atoms with Crippen LogP contribution in [0.4, 0.5) is 0 Å². The molecule has 0 aromatic carbocycles. The van der Waals surface area contributed by atoms with Gasteiger partial charge in [-0.3, -0.25) is 0 Å². The van der Waals surface area contributed by atoms with Gasteiger partial charge in [0.05, 0.1) is 5.41 Å². The zero-order chi connectivity index (χ0) is 13.6. The molecular formula is C15H24N2O. The number of likely N-dealkylation sites (N-methyl/N-ethyl adjacent to an activating group) is 1. The molecule has 1 heterocycles.